The van der Waals surface area contributed by atoms with E-state index in [0.717, 1.165) is 56.5 Å². The second-order valence-corrected chi connectivity index (χ2v) is 6.55. The molecule has 0 N–H and O–H groups in total. The molecule has 0 amide bonds. The molecule has 21 heavy (non-hydrogen) atoms. The fourth-order valence-corrected chi connectivity index (χ4v) is 3.31. The van der Waals surface area contributed by atoms with Crippen LogP contribution in [0.15, 0.2) is 10.4 Å². The summed E-state index contributed by atoms with van der Waals surface area (Å²) in [4.78, 5) is 13.2. The van der Waals surface area contributed by atoms with Gasteiger partial charge < -0.3 is 14.4 Å². The van der Waals surface area contributed by atoms with Gasteiger partial charge in [-0.15, -0.1) is 11.3 Å². The fraction of sp³-hybridized carbons (Fsp3) is 0.714. The lowest BCUT2D eigenvalue weighted by Gasteiger charge is -2.37. The molecular formula is C14H22N4O2S. The van der Waals surface area contributed by atoms with Gasteiger partial charge in [-0.25, -0.2) is 9.98 Å². The molecule has 2 aliphatic rings. The van der Waals surface area contributed by atoms with Crippen molar-refractivity contribution >= 4 is 22.8 Å². The van der Waals surface area contributed by atoms with E-state index in [1.165, 1.54) is 0 Å². The lowest BCUT2D eigenvalue weighted by Crippen LogP contribution is -2.44. The Labute approximate surface area is 129 Å². The summed E-state index contributed by atoms with van der Waals surface area (Å²) < 4.78 is 11.5. The van der Waals surface area contributed by atoms with Crippen LogP contribution in [0, 0.1) is 0 Å². The topological polar surface area (TPSA) is 50.2 Å². The van der Waals surface area contributed by atoms with Crippen LogP contribution in [0.3, 0.4) is 0 Å². The second kappa shape index (κ2) is 6.39. The normalized spacial score (nSPS) is 22.4. The first kappa shape index (κ1) is 14.9. The summed E-state index contributed by atoms with van der Waals surface area (Å²) in [5, 5.41) is 2.91. The lowest BCUT2D eigenvalue weighted by atomic mass is 10.0. The second-order valence-electron chi connectivity index (χ2n) is 5.71. The first-order valence-corrected chi connectivity index (χ1v) is 8.18. The molecule has 0 radical (unpaired) electrons. The molecule has 0 aromatic carbocycles. The summed E-state index contributed by atoms with van der Waals surface area (Å²) in [5.74, 6) is -0.292. The first-order chi connectivity index (χ1) is 10.2. The van der Waals surface area contributed by atoms with Crippen molar-refractivity contribution in [3.05, 3.63) is 11.1 Å². The highest BCUT2D eigenvalue weighted by atomic mass is 32.1. The quantitative estimate of drug-likeness (QED) is 0.626. The molecule has 0 atom stereocenters. The van der Waals surface area contributed by atoms with Crippen molar-refractivity contribution in [2.45, 2.75) is 25.2 Å². The zero-order valence-electron chi connectivity index (χ0n) is 12.6. The molecule has 3 rings (SSSR count). The van der Waals surface area contributed by atoms with Gasteiger partial charge in [0.25, 0.3) is 0 Å². The van der Waals surface area contributed by atoms with Gasteiger partial charge in [-0.2, -0.15) is 0 Å². The Balaban J connectivity index is 1.51. The number of hydrogen-bond donors (Lipinski definition) is 0. The van der Waals surface area contributed by atoms with Gasteiger partial charge in [-0.3, -0.25) is 4.90 Å². The van der Waals surface area contributed by atoms with Crippen LogP contribution in [0.5, 0.6) is 0 Å². The summed E-state index contributed by atoms with van der Waals surface area (Å²) in [6, 6.07) is 0. The van der Waals surface area contributed by atoms with Crippen molar-refractivity contribution in [1.29, 1.82) is 0 Å². The van der Waals surface area contributed by atoms with Crippen LogP contribution < -0.4 is 0 Å². The molecule has 7 heteroatoms. The number of hydrogen-bond acceptors (Lipinski definition) is 6. The number of nitrogens with zero attached hydrogens (tertiary/aromatic N) is 4. The van der Waals surface area contributed by atoms with Crippen molar-refractivity contribution in [2.75, 3.05) is 40.4 Å². The molecule has 1 aromatic heterocycles. The Morgan fingerprint density at radius 2 is 2.10 bits per heavy atom. The van der Waals surface area contributed by atoms with E-state index in [1.807, 2.05) is 19.0 Å². The third-order valence-corrected chi connectivity index (χ3v) is 4.55. The van der Waals surface area contributed by atoms with Crippen molar-refractivity contribution < 1.29 is 9.47 Å². The Morgan fingerprint density at radius 3 is 2.76 bits per heavy atom. The van der Waals surface area contributed by atoms with E-state index in [9.17, 15) is 0 Å². The van der Waals surface area contributed by atoms with E-state index in [4.69, 9.17) is 9.47 Å². The number of thiazole rings is 1. The van der Waals surface area contributed by atoms with Gasteiger partial charge in [0.2, 0.25) is 5.13 Å². The minimum Gasteiger partial charge on any atom is -0.369 e. The predicted octanol–water partition coefficient (Wildman–Crippen LogP) is 1.70. The van der Waals surface area contributed by atoms with Crippen LogP contribution in [-0.2, 0) is 16.0 Å². The molecule has 0 bridgehead atoms. The molecule has 1 spiro atoms. The standard InChI is InChI=1S/C14H22N4O2S/c1-17(2)11-15-13-16-12(10-21-13)9-18-5-3-14(4-6-18)19-7-8-20-14/h10-11H,3-9H2,1-2H3. The Kier molecular flexibility index (Phi) is 4.54. The summed E-state index contributed by atoms with van der Waals surface area (Å²) in [7, 11) is 3.91. The zero-order chi connectivity index (χ0) is 14.7. The third-order valence-electron chi connectivity index (χ3n) is 3.76. The van der Waals surface area contributed by atoms with Crippen LogP contribution >= 0.6 is 11.3 Å². The fourth-order valence-electron chi connectivity index (χ4n) is 2.66. The minimum absolute atomic E-state index is 0.292. The average molecular weight is 310 g/mol. The van der Waals surface area contributed by atoms with E-state index < -0.39 is 0 Å². The van der Waals surface area contributed by atoms with Crippen LogP contribution in [-0.4, -0.2) is 67.3 Å². The summed E-state index contributed by atoms with van der Waals surface area (Å²) in [6.45, 7) is 4.34. The molecule has 1 aromatic rings. The number of likely N-dealkylation sites (tertiary alicyclic amines) is 1. The summed E-state index contributed by atoms with van der Waals surface area (Å²) in [5.41, 5.74) is 1.09. The predicted molar refractivity (Wildman–Crippen MR) is 83.1 cm³/mol. The van der Waals surface area contributed by atoms with Gasteiger partial charge in [0.1, 0.15) is 0 Å². The number of piperidine rings is 1. The van der Waals surface area contributed by atoms with Crippen molar-refractivity contribution in [2.24, 2.45) is 4.99 Å². The molecule has 6 nitrogen and oxygen atoms in total. The highest BCUT2D eigenvalue weighted by Crippen LogP contribution is 2.32. The number of rotatable bonds is 4. The molecule has 2 aliphatic heterocycles. The maximum Gasteiger partial charge on any atom is 0.210 e. The van der Waals surface area contributed by atoms with Gasteiger partial charge >= 0.3 is 0 Å². The third kappa shape index (κ3) is 3.79. The summed E-state index contributed by atoms with van der Waals surface area (Å²) >= 11 is 1.59. The summed E-state index contributed by atoms with van der Waals surface area (Å²) in [6.07, 6.45) is 3.67. The van der Waals surface area contributed by atoms with Crippen LogP contribution in [0.25, 0.3) is 0 Å². The molecule has 0 aliphatic carbocycles. The van der Waals surface area contributed by atoms with Gasteiger partial charge in [0.15, 0.2) is 5.79 Å². The van der Waals surface area contributed by atoms with Gasteiger partial charge in [0, 0.05) is 52.0 Å². The van der Waals surface area contributed by atoms with Crippen molar-refractivity contribution in [3.63, 3.8) is 0 Å². The minimum atomic E-state index is -0.292. The zero-order valence-corrected chi connectivity index (χ0v) is 13.4. The van der Waals surface area contributed by atoms with Gasteiger partial charge in [-0.1, -0.05) is 0 Å². The van der Waals surface area contributed by atoms with Gasteiger partial charge in [-0.05, 0) is 0 Å². The van der Waals surface area contributed by atoms with E-state index in [0.29, 0.717) is 0 Å². The largest absolute Gasteiger partial charge is 0.369 e. The van der Waals surface area contributed by atoms with Crippen molar-refractivity contribution in [1.82, 2.24) is 14.8 Å². The van der Waals surface area contributed by atoms with E-state index in [1.54, 1.807) is 17.7 Å². The number of ether oxygens (including phenoxy) is 2. The number of aliphatic imine (C=N–C) groups is 1. The Bertz CT molecular complexity index is 487. The maximum absolute atomic E-state index is 5.75. The monoisotopic (exact) mass is 310 g/mol. The highest BCUT2D eigenvalue weighted by molar-refractivity contribution is 7.13. The molecule has 2 saturated heterocycles. The maximum atomic E-state index is 5.75. The van der Waals surface area contributed by atoms with Gasteiger partial charge in [0.05, 0.1) is 25.2 Å². The SMILES string of the molecule is CN(C)C=Nc1nc(CN2CCC3(CC2)OCCO3)cs1. The Hall–Kier alpha value is -1.02. The first-order valence-electron chi connectivity index (χ1n) is 7.31. The smallest absolute Gasteiger partial charge is 0.210 e. The van der Waals surface area contributed by atoms with Crippen LogP contribution in [0.4, 0.5) is 5.13 Å². The van der Waals surface area contributed by atoms with E-state index >= 15 is 0 Å². The lowest BCUT2D eigenvalue weighted by molar-refractivity contribution is -0.185. The molecule has 0 saturated carbocycles. The number of aromatic nitrogens is 1. The molecule has 116 valence electrons. The van der Waals surface area contributed by atoms with E-state index in [2.05, 4.69) is 20.3 Å². The molecule has 2 fully saturated rings. The molecule has 0 unspecified atom stereocenters. The van der Waals surface area contributed by atoms with Crippen LogP contribution in [0.1, 0.15) is 18.5 Å². The average Bonchev–Trinajstić information content (AvgIpc) is 3.09. The molecule has 3 heterocycles. The molecular weight excluding hydrogens is 288 g/mol. The van der Waals surface area contributed by atoms with Crippen molar-refractivity contribution in [3.8, 4) is 0 Å². The van der Waals surface area contributed by atoms with E-state index in [-0.39, 0.29) is 5.79 Å². The highest BCUT2D eigenvalue weighted by Gasteiger charge is 2.39. The Morgan fingerprint density at radius 1 is 1.38 bits per heavy atom. The van der Waals surface area contributed by atoms with Crippen LogP contribution in [0.2, 0.25) is 0 Å².